The lowest BCUT2D eigenvalue weighted by atomic mass is 10.1. The van der Waals surface area contributed by atoms with Crippen molar-refractivity contribution in [3.05, 3.63) is 0 Å². The van der Waals surface area contributed by atoms with Gasteiger partial charge in [-0.3, -0.25) is 4.79 Å². The Hall–Kier alpha value is -0.550. The summed E-state index contributed by atoms with van der Waals surface area (Å²) in [6, 6.07) is 0. The van der Waals surface area contributed by atoms with Crippen LogP contribution in [0.2, 0.25) is 0 Å². The Bertz CT molecular complexity index is 357. The van der Waals surface area contributed by atoms with Crippen LogP contribution in [0.1, 0.15) is 51.9 Å². The fraction of sp³-hybridized carbons (Fsp3) is 0.875. The Kier molecular flexibility index (Phi) is 7.58. The van der Waals surface area contributed by atoms with Gasteiger partial charge in [-0.2, -0.15) is 0 Å². The van der Waals surface area contributed by atoms with Crippen LogP contribution in [0, 0.1) is 0 Å². The summed E-state index contributed by atoms with van der Waals surface area (Å²) in [5, 5.41) is 1.33. The van der Waals surface area contributed by atoms with E-state index in [0.717, 1.165) is 32.5 Å². The highest BCUT2D eigenvalue weighted by molar-refractivity contribution is 8.14. The monoisotopic (exact) mass is 314 g/mol. The van der Waals surface area contributed by atoms with E-state index in [0.29, 0.717) is 18.5 Å². The fourth-order valence-corrected chi connectivity index (χ4v) is 3.97. The van der Waals surface area contributed by atoms with Crippen molar-refractivity contribution < 1.29 is 18.8 Å². The second kappa shape index (κ2) is 9.46. The van der Waals surface area contributed by atoms with Crippen LogP contribution < -0.4 is 0 Å². The van der Waals surface area contributed by atoms with Crippen LogP contribution in [-0.2, 0) is 14.3 Å². The summed E-state index contributed by atoms with van der Waals surface area (Å²) in [5.41, 5.74) is 0. The molecule has 120 valence electrons. The number of nitrogens with zero attached hydrogens (tertiary/aromatic N) is 1. The molecule has 0 radical (unpaired) electrons. The van der Waals surface area contributed by atoms with E-state index in [4.69, 9.17) is 9.47 Å². The van der Waals surface area contributed by atoms with Gasteiger partial charge in [0.25, 0.3) is 0 Å². The van der Waals surface area contributed by atoms with E-state index in [2.05, 4.69) is 4.58 Å². The highest BCUT2D eigenvalue weighted by Crippen LogP contribution is 2.21. The minimum Gasteiger partial charge on any atom is -0.465 e. The number of carbonyl (C=O) groups excluding carboxylic acids is 1. The largest absolute Gasteiger partial charge is 0.465 e. The first-order valence-corrected chi connectivity index (χ1v) is 9.29. The molecule has 21 heavy (non-hydrogen) atoms. The molecular formula is C16H28NO3S+. The van der Waals surface area contributed by atoms with Gasteiger partial charge in [-0.25, -0.2) is 4.58 Å². The van der Waals surface area contributed by atoms with Crippen LogP contribution >= 0.6 is 11.8 Å². The lowest BCUT2D eigenvalue weighted by molar-refractivity contribution is -0.536. The number of esters is 1. The number of ether oxygens (including phenoxy) is 2. The molecule has 0 aromatic rings. The lowest BCUT2D eigenvalue weighted by Crippen LogP contribution is -2.30. The van der Waals surface area contributed by atoms with Gasteiger partial charge in [-0.05, 0) is 32.6 Å². The second-order valence-electron chi connectivity index (χ2n) is 5.73. The van der Waals surface area contributed by atoms with E-state index in [1.807, 2.05) is 6.92 Å². The van der Waals surface area contributed by atoms with Gasteiger partial charge in [0.05, 0.1) is 19.1 Å². The van der Waals surface area contributed by atoms with E-state index in [9.17, 15) is 4.79 Å². The number of piperidine rings is 1. The summed E-state index contributed by atoms with van der Waals surface area (Å²) in [4.78, 5) is 11.6. The molecule has 0 spiro atoms. The standard InChI is InChI=1S/C16H28NO3S/c1-2-19-16(18)13-21-15(17-9-5-3-6-10-17)12-14-8-4-7-11-20-14/h14H,2-13H2,1H3/q+1. The number of carbonyl (C=O) groups is 1. The van der Waals surface area contributed by atoms with Crippen LogP contribution in [0.15, 0.2) is 0 Å². The van der Waals surface area contributed by atoms with Crippen LogP contribution in [0.4, 0.5) is 0 Å². The van der Waals surface area contributed by atoms with Gasteiger partial charge >= 0.3 is 5.97 Å². The second-order valence-corrected chi connectivity index (χ2v) is 6.78. The first-order valence-electron chi connectivity index (χ1n) is 8.30. The molecule has 0 saturated carbocycles. The maximum absolute atomic E-state index is 11.6. The van der Waals surface area contributed by atoms with E-state index < -0.39 is 0 Å². The quantitative estimate of drug-likeness (QED) is 0.444. The zero-order valence-corrected chi connectivity index (χ0v) is 14.0. The number of hydrogen-bond acceptors (Lipinski definition) is 4. The van der Waals surface area contributed by atoms with Crippen molar-refractivity contribution in [3.63, 3.8) is 0 Å². The van der Waals surface area contributed by atoms with E-state index in [1.165, 1.54) is 37.1 Å². The smallest absolute Gasteiger partial charge is 0.316 e. The molecule has 2 fully saturated rings. The van der Waals surface area contributed by atoms with Crippen LogP contribution in [0.25, 0.3) is 0 Å². The fourth-order valence-electron chi connectivity index (χ4n) is 2.93. The van der Waals surface area contributed by atoms with Gasteiger partial charge in [-0.1, -0.05) is 11.8 Å². The SMILES string of the molecule is CCOC(=O)CSC(CC1CCCCO1)=[N+]1CCCCC1. The molecule has 1 atom stereocenters. The molecule has 0 aliphatic carbocycles. The average molecular weight is 314 g/mol. The third-order valence-corrected chi connectivity index (χ3v) is 5.19. The minimum atomic E-state index is -0.110. The van der Waals surface area contributed by atoms with Crippen molar-refractivity contribution in [3.8, 4) is 0 Å². The summed E-state index contributed by atoms with van der Waals surface area (Å²) in [5.74, 6) is 0.313. The molecule has 0 bridgehead atoms. The Morgan fingerprint density at radius 3 is 2.71 bits per heavy atom. The molecule has 0 amide bonds. The number of hydrogen-bond donors (Lipinski definition) is 0. The van der Waals surface area contributed by atoms with Crippen LogP contribution in [-0.4, -0.2) is 53.7 Å². The number of rotatable bonds is 5. The van der Waals surface area contributed by atoms with E-state index in [-0.39, 0.29) is 5.97 Å². The minimum absolute atomic E-state index is 0.110. The highest BCUT2D eigenvalue weighted by Gasteiger charge is 2.25. The molecule has 2 rings (SSSR count). The highest BCUT2D eigenvalue weighted by atomic mass is 32.2. The van der Waals surface area contributed by atoms with E-state index in [1.54, 1.807) is 11.8 Å². The summed E-state index contributed by atoms with van der Waals surface area (Å²) in [6.45, 7) is 5.45. The maximum Gasteiger partial charge on any atom is 0.316 e. The molecule has 2 aliphatic rings. The van der Waals surface area contributed by atoms with Gasteiger partial charge in [0.2, 0.25) is 5.04 Å². The predicted octanol–water partition coefficient (Wildman–Crippen LogP) is 2.84. The molecular weight excluding hydrogens is 286 g/mol. The normalized spacial score (nSPS) is 22.9. The maximum atomic E-state index is 11.6. The summed E-state index contributed by atoms with van der Waals surface area (Å²) >= 11 is 1.66. The molecule has 2 aliphatic heterocycles. The van der Waals surface area contributed by atoms with Crippen molar-refractivity contribution in [2.45, 2.75) is 58.0 Å². The van der Waals surface area contributed by atoms with Gasteiger partial charge in [-0.15, -0.1) is 0 Å². The third-order valence-electron chi connectivity index (χ3n) is 4.05. The third kappa shape index (κ3) is 5.99. The first kappa shape index (κ1) is 16.8. The molecule has 0 aromatic carbocycles. The van der Waals surface area contributed by atoms with Crippen molar-refractivity contribution in [2.24, 2.45) is 0 Å². The molecule has 0 aromatic heterocycles. The summed E-state index contributed by atoms with van der Waals surface area (Å²) in [6.07, 6.45) is 8.74. The van der Waals surface area contributed by atoms with Crippen molar-refractivity contribution in [1.29, 1.82) is 0 Å². The zero-order valence-electron chi connectivity index (χ0n) is 13.1. The molecule has 1 unspecified atom stereocenters. The Balaban J connectivity index is 1.94. The van der Waals surface area contributed by atoms with Crippen LogP contribution in [0.3, 0.4) is 0 Å². The summed E-state index contributed by atoms with van der Waals surface area (Å²) < 4.78 is 13.4. The van der Waals surface area contributed by atoms with Crippen molar-refractivity contribution in [2.75, 3.05) is 32.1 Å². The molecule has 4 nitrogen and oxygen atoms in total. The first-order chi connectivity index (χ1) is 10.3. The van der Waals surface area contributed by atoms with Gasteiger partial charge < -0.3 is 9.47 Å². The zero-order chi connectivity index (χ0) is 14.9. The van der Waals surface area contributed by atoms with Gasteiger partial charge in [0.1, 0.15) is 18.8 Å². The Labute approximate surface area is 132 Å². The lowest BCUT2D eigenvalue weighted by Gasteiger charge is -2.23. The molecule has 2 saturated heterocycles. The molecule has 2 heterocycles. The predicted molar refractivity (Wildman–Crippen MR) is 86.2 cm³/mol. The van der Waals surface area contributed by atoms with Gasteiger partial charge in [0.15, 0.2) is 0 Å². The van der Waals surface area contributed by atoms with Crippen molar-refractivity contribution in [1.82, 2.24) is 0 Å². The number of thioether (sulfide) groups is 1. The molecule has 0 N–H and O–H groups in total. The van der Waals surface area contributed by atoms with E-state index >= 15 is 0 Å². The summed E-state index contributed by atoms with van der Waals surface area (Å²) in [7, 11) is 0. The Morgan fingerprint density at radius 1 is 1.24 bits per heavy atom. The van der Waals surface area contributed by atoms with Crippen molar-refractivity contribution >= 4 is 22.8 Å². The average Bonchev–Trinajstić information content (AvgIpc) is 2.53. The molecule has 5 heteroatoms. The van der Waals surface area contributed by atoms with Gasteiger partial charge in [0, 0.05) is 19.4 Å². The Morgan fingerprint density at radius 2 is 2.05 bits per heavy atom. The topological polar surface area (TPSA) is 38.5 Å². The van der Waals surface area contributed by atoms with Crippen LogP contribution in [0.5, 0.6) is 0 Å².